The Morgan fingerprint density at radius 2 is 1.91 bits per heavy atom. The van der Waals surface area contributed by atoms with Crippen molar-refractivity contribution in [1.29, 1.82) is 0 Å². The summed E-state index contributed by atoms with van der Waals surface area (Å²) in [7, 11) is 0. The lowest BCUT2D eigenvalue weighted by molar-refractivity contribution is -0.146. The third-order valence-electron chi connectivity index (χ3n) is 4.14. The van der Waals surface area contributed by atoms with E-state index in [1.165, 1.54) is 6.08 Å². The van der Waals surface area contributed by atoms with Crippen LogP contribution in [0.15, 0.2) is 53.4 Å². The normalized spacial score (nSPS) is 14.6. The Labute approximate surface area is 193 Å². The molecule has 0 bridgehead atoms. The van der Waals surface area contributed by atoms with Gasteiger partial charge in [-0.3, -0.25) is 24.1 Å². The summed E-state index contributed by atoms with van der Waals surface area (Å²) < 4.78 is 10.2. The first-order chi connectivity index (χ1) is 15.4. The van der Waals surface area contributed by atoms with E-state index in [9.17, 15) is 19.2 Å². The number of hydrogen-bond donors (Lipinski definition) is 1. The van der Waals surface area contributed by atoms with Gasteiger partial charge in [-0.25, -0.2) is 0 Å². The maximum absolute atomic E-state index is 12.4. The van der Waals surface area contributed by atoms with Crippen molar-refractivity contribution in [3.8, 4) is 5.75 Å². The summed E-state index contributed by atoms with van der Waals surface area (Å²) in [6, 6.07) is 13.7. The molecule has 0 radical (unpaired) electrons. The number of hydrogen-bond acceptors (Lipinski definition) is 7. The Bertz CT molecular complexity index is 1070. The van der Waals surface area contributed by atoms with E-state index in [0.717, 1.165) is 16.7 Å². The quantitative estimate of drug-likeness (QED) is 0.456. The third-order valence-corrected chi connectivity index (χ3v) is 5.34. The molecule has 3 rings (SSSR count). The zero-order valence-corrected chi connectivity index (χ0v) is 18.6. The van der Waals surface area contributed by atoms with Gasteiger partial charge < -0.3 is 14.8 Å². The van der Waals surface area contributed by atoms with Crippen LogP contribution in [-0.2, 0) is 19.1 Å². The van der Waals surface area contributed by atoms with E-state index in [1.54, 1.807) is 49.4 Å². The van der Waals surface area contributed by atoms with Crippen molar-refractivity contribution in [3.63, 3.8) is 0 Å². The number of halogens is 1. The summed E-state index contributed by atoms with van der Waals surface area (Å²) in [6.07, 6.45) is 1.49. The topological polar surface area (TPSA) is 102 Å². The minimum atomic E-state index is -0.656. The van der Waals surface area contributed by atoms with E-state index in [2.05, 4.69) is 5.32 Å². The molecule has 0 aromatic heterocycles. The van der Waals surface area contributed by atoms with Crippen LogP contribution in [0.4, 0.5) is 10.5 Å². The van der Waals surface area contributed by atoms with E-state index in [1.807, 2.05) is 6.07 Å². The Morgan fingerprint density at radius 1 is 1.16 bits per heavy atom. The van der Waals surface area contributed by atoms with Crippen LogP contribution >= 0.6 is 23.4 Å². The number of amides is 3. The highest BCUT2D eigenvalue weighted by Gasteiger charge is 2.36. The number of ether oxygens (including phenoxy) is 2. The van der Waals surface area contributed by atoms with Crippen molar-refractivity contribution >= 4 is 58.1 Å². The lowest BCUT2D eigenvalue weighted by Gasteiger charge is -2.11. The highest BCUT2D eigenvalue weighted by atomic mass is 35.5. The molecular formula is C22H19ClN2O6S. The van der Waals surface area contributed by atoms with Crippen molar-refractivity contribution in [2.24, 2.45) is 0 Å². The van der Waals surface area contributed by atoms with Gasteiger partial charge in [0.1, 0.15) is 12.3 Å². The number of imide groups is 1. The molecule has 0 spiro atoms. The lowest BCUT2D eigenvalue weighted by Crippen LogP contribution is -2.34. The lowest BCUT2D eigenvalue weighted by atomic mass is 10.2. The second-order valence-corrected chi connectivity index (χ2v) is 7.87. The molecule has 32 heavy (non-hydrogen) atoms. The van der Waals surface area contributed by atoms with Crippen LogP contribution in [0.2, 0.25) is 5.02 Å². The van der Waals surface area contributed by atoms with E-state index in [0.29, 0.717) is 17.0 Å². The Hall–Kier alpha value is -3.30. The van der Waals surface area contributed by atoms with Crippen molar-refractivity contribution < 1.29 is 28.7 Å². The zero-order valence-electron chi connectivity index (χ0n) is 17.0. The minimum absolute atomic E-state index is 0.158. The predicted octanol–water partition coefficient (Wildman–Crippen LogP) is 3.96. The van der Waals surface area contributed by atoms with Crippen LogP contribution in [-0.4, -0.2) is 47.7 Å². The standard InChI is InChI=1S/C22H19ClN2O6S/c1-2-30-20(27)12-25-21(28)18(32-22(25)29)11-14-8-9-17(16(23)10-14)31-13-19(26)24-15-6-4-3-5-7-15/h3-11H,2,12-13H2,1H3,(H,24,26)/b18-11-. The Kier molecular flexibility index (Phi) is 7.91. The molecule has 8 nitrogen and oxygen atoms in total. The number of para-hydroxylation sites is 1. The first-order valence-corrected chi connectivity index (χ1v) is 10.7. The number of carbonyl (C=O) groups is 4. The minimum Gasteiger partial charge on any atom is -0.482 e. The number of thioether (sulfide) groups is 1. The van der Waals surface area contributed by atoms with Crippen LogP contribution in [0.5, 0.6) is 5.75 Å². The van der Waals surface area contributed by atoms with E-state index in [4.69, 9.17) is 21.1 Å². The Morgan fingerprint density at radius 3 is 2.59 bits per heavy atom. The fraction of sp³-hybridized carbons (Fsp3) is 0.182. The van der Waals surface area contributed by atoms with Crippen LogP contribution in [0.3, 0.4) is 0 Å². The molecule has 1 N–H and O–H groups in total. The molecule has 2 aromatic rings. The molecule has 0 unspecified atom stereocenters. The van der Waals surface area contributed by atoms with E-state index < -0.39 is 23.7 Å². The molecule has 1 aliphatic rings. The van der Waals surface area contributed by atoms with Gasteiger partial charge in [-0.05, 0) is 54.6 Å². The Balaban J connectivity index is 1.61. The molecule has 1 heterocycles. The van der Waals surface area contributed by atoms with Gasteiger partial charge in [0.15, 0.2) is 6.61 Å². The van der Waals surface area contributed by atoms with Gasteiger partial charge in [0, 0.05) is 5.69 Å². The summed E-state index contributed by atoms with van der Waals surface area (Å²) in [5, 5.41) is 2.38. The summed E-state index contributed by atoms with van der Waals surface area (Å²) in [6.45, 7) is 1.12. The van der Waals surface area contributed by atoms with Gasteiger partial charge >= 0.3 is 5.97 Å². The van der Waals surface area contributed by atoms with Gasteiger partial charge in [0.2, 0.25) is 0 Å². The van der Waals surface area contributed by atoms with Gasteiger partial charge in [0.25, 0.3) is 17.1 Å². The number of esters is 1. The summed E-state index contributed by atoms with van der Waals surface area (Å²) >= 11 is 6.96. The zero-order chi connectivity index (χ0) is 23.1. The first-order valence-electron chi connectivity index (χ1n) is 9.55. The van der Waals surface area contributed by atoms with E-state index >= 15 is 0 Å². The van der Waals surface area contributed by atoms with Crippen LogP contribution in [0, 0.1) is 0 Å². The summed E-state index contributed by atoms with van der Waals surface area (Å²) in [5.41, 5.74) is 1.21. The largest absolute Gasteiger partial charge is 0.482 e. The fourth-order valence-corrected chi connectivity index (χ4v) is 3.79. The molecular weight excluding hydrogens is 456 g/mol. The molecule has 0 atom stereocenters. The average Bonchev–Trinajstić information content (AvgIpc) is 3.01. The first kappa shape index (κ1) is 23.4. The summed E-state index contributed by atoms with van der Waals surface area (Å²) in [4.78, 5) is 49.1. The van der Waals surface area contributed by atoms with E-state index in [-0.39, 0.29) is 29.0 Å². The molecule has 10 heteroatoms. The van der Waals surface area contributed by atoms with Crippen LogP contribution < -0.4 is 10.1 Å². The van der Waals surface area contributed by atoms with Crippen LogP contribution in [0.25, 0.3) is 6.08 Å². The highest BCUT2D eigenvalue weighted by Crippen LogP contribution is 2.33. The monoisotopic (exact) mass is 474 g/mol. The molecule has 2 aromatic carbocycles. The SMILES string of the molecule is CCOC(=O)CN1C(=O)S/C(=C\c2ccc(OCC(=O)Nc3ccccc3)c(Cl)c2)C1=O. The average molecular weight is 475 g/mol. The van der Waals surface area contributed by atoms with Crippen molar-refractivity contribution in [3.05, 3.63) is 64.0 Å². The van der Waals surface area contributed by atoms with Crippen LogP contribution in [0.1, 0.15) is 12.5 Å². The van der Waals surface area contributed by atoms with Crippen molar-refractivity contribution in [1.82, 2.24) is 4.90 Å². The molecule has 1 fully saturated rings. The van der Waals surface area contributed by atoms with Gasteiger partial charge in [-0.1, -0.05) is 35.9 Å². The van der Waals surface area contributed by atoms with Gasteiger partial charge in [-0.15, -0.1) is 0 Å². The predicted molar refractivity (Wildman–Crippen MR) is 121 cm³/mol. The number of carbonyl (C=O) groups excluding carboxylic acids is 4. The third kappa shape index (κ3) is 6.12. The number of nitrogens with zero attached hydrogens (tertiary/aromatic N) is 1. The van der Waals surface area contributed by atoms with Gasteiger partial charge in [-0.2, -0.15) is 0 Å². The fourth-order valence-electron chi connectivity index (χ4n) is 2.71. The maximum Gasteiger partial charge on any atom is 0.326 e. The summed E-state index contributed by atoms with van der Waals surface area (Å²) in [5.74, 6) is -1.28. The molecule has 1 aliphatic heterocycles. The molecule has 0 aliphatic carbocycles. The molecule has 166 valence electrons. The number of nitrogens with one attached hydrogen (secondary N) is 1. The molecule has 3 amide bonds. The van der Waals surface area contributed by atoms with Crippen molar-refractivity contribution in [2.45, 2.75) is 6.92 Å². The number of benzene rings is 2. The smallest absolute Gasteiger partial charge is 0.326 e. The highest BCUT2D eigenvalue weighted by molar-refractivity contribution is 8.18. The maximum atomic E-state index is 12.4. The second-order valence-electron chi connectivity index (χ2n) is 6.47. The molecule has 0 saturated carbocycles. The second kappa shape index (κ2) is 10.8. The number of anilines is 1. The van der Waals surface area contributed by atoms with Gasteiger partial charge in [0.05, 0.1) is 16.5 Å². The van der Waals surface area contributed by atoms with Crippen molar-refractivity contribution in [2.75, 3.05) is 25.1 Å². The molecule has 1 saturated heterocycles. The number of rotatable bonds is 8.